The van der Waals surface area contributed by atoms with Crippen LogP contribution in [0.1, 0.15) is 24.2 Å². The fourth-order valence-corrected chi connectivity index (χ4v) is 1.94. The normalized spacial score (nSPS) is 10.2. The number of carbonyl (C=O) groups excluding carboxylic acids is 2. The minimum atomic E-state index is -0.211. The lowest BCUT2D eigenvalue weighted by molar-refractivity contribution is -0.121. The van der Waals surface area contributed by atoms with Gasteiger partial charge in [0.05, 0.1) is 0 Å². The largest absolute Gasteiger partial charge is 0.360 e. The molecule has 2 aromatic rings. The summed E-state index contributed by atoms with van der Waals surface area (Å²) in [6.45, 7) is 2.05. The first-order chi connectivity index (χ1) is 10.6. The van der Waals surface area contributed by atoms with Crippen molar-refractivity contribution in [3.8, 4) is 0 Å². The Labute approximate surface area is 128 Å². The van der Waals surface area contributed by atoms with E-state index in [-0.39, 0.29) is 18.2 Å². The number of anilines is 1. The van der Waals surface area contributed by atoms with E-state index in [1.165, 1.54) is 0 Å². The molecule has 0 atom stereocenters. The maximum Gasteiger partial charge on any atom is 0.227 e. The molecule has 0 unspecified atom stereocenters. The van der Waals surface area contributed by atoms with Gasteiger partial charge >= 0.3 is 0 Å². The fourth-order valence-electron chi connectivity index (χ4n) is 1.94. The minimum Gasteiger partial charge on any atom is -0.360 e. The molecule has 0 saturated carbocycles. The maximum absolute atomic E-state index is 11.7. The zero-order valence-electron chi connectivity index (χ0n) is 12.5. The molecular weight excluding hydrogens is 282 g/mol. The summed E-state index contributed by atoms with van der Waals surface area (Å²) in [5.41, 5.74) is 1.12. The summed E-state index contributed by atoms with van der Waals surface area (Å²) in [5.74, 6) is 0.744. The van der Waals surface area contributed by atoms with Crippen molar-refractivity contribution in [2.24, 2.45) is 0 Å². The molecule has 2 amide bonds. The summed E-state index contributed by atoms with van der Waals surface area (Å²) >= 11 is 0. The minimum absolute atomic E-state index is 0.0612. The van der Waals surface area contributed by atoms with Crippen molar-refractivity contribution in [1.82, 2.24) is 10.5 Å². The Morgan fingerprint density at radius 2 is 1.91 bits per heavy atom. The molecule has 6 nitrogen and oxygen atoms in total. The number of benzene rings is 1. The molecule has 0 aliphatic heterocycles. The molecule has 2 rings (SSSR count). The van der Waals surface area contributed by atoms with E-state index in [1.54, 1.807) is 13.0 Å². The van der Waals surface area contributed by atoms with Crippen LogP contribution in [-0.2, 0) is 16.0 Å². The van der Waals surface area contributed by atoms with Crippen molar-refractivity contribution < 1.29 is 14.1 Å². The van der Waals surface area contributed by atoms with Crippen LogP contribution >= 0.6 is 0 Å². The zero-order valence-corrected chi connectivity index (χ0v) is 12.5. The van der Waals surface area contributed by atoms with E-state index in [1.807, 2.05) is 30.3 Å². The fraction of sp³-hybridized carbons (Fsp3) is 0.312. The monoisotopic (exact) mass is 301 g/mol. The van der Waals surface area contributed by atoms with E-state index < -0.39 is 0 Å². The molecule has 116 valence electrons. The zero-order chi connectivity index (χ0) is 15.8. The summed E-state index contributed by atoms with van der Waals surface area (Å²) in [6.07, 6.45) is 1.30. The highest BCUT2D eigenvalue weighted by Crippen LogP contribution is 2.07. The highest BCUT2D eigenvalue weighted by Gasteiger charge is 2.07. The number of amides is 2. The highest BCUT2D eigenvalue weighted by molar-refractivity contribution is 5.90. The molecule has 0 aliphatic rings. The topological polar surface area (TPSA) is 84.2 Å². The van der Waals surface area contributed by atoms with Crippen molar-refractivity contribution in [2.45, 2.75) is 26.2 Å². The van der Waals surface area contributed by atoms with E-state index in [2.05, 4.69) is 15.8 Å². The summed E-state index contributed by atoms with van der Waals surface area (Å²) in [5, 5.41) is 9.00. The van der Waals surface area contributed by atoms with Gasteiger partial charge in [0.15, 0.2) is 5.82 Å². The number of aryl methyl sites for hydroxylation is 2. The van der Waals surface area contributed by atoms with Crippen LogP contribution in [0.4, 0.5) is 5.82 Å². The Balaban J connectivity index is 1.61. The van der Waals surface area contributed by atoms with Gasteiger partial charge in [-0.05, 0) is 18.9 Å². The molecule has 0 spiro atoms. The molecule has 0 radical (unpaired) electrons. The predicted octanol–water partition coefficient (Wildman–Crippen LogP) is 2.06. The van der Waals surface area contributed by atoms with Crippen LogP contribution in [0.25, 0.3) is 0 Å². The van der Waals surface area contributed by atoms with Crippen LogP contribution in [0.5, 0.6) is 0 Å². The average Bonchev–Trinajstić information content (AvgIpc) is 2.91. The molecule has 1 aromatic heterocycles. The smallest absolute Gasteiger partial charge is 0.227 e. The summed E-state index contributed by atoms with van der Waals surface area (Å²) in [4.78, 5) is 23.3. The van der Waals surface area contributed by atoms with Crippen LogP contribution in [-0.4, -0.2) is 23.5 Å². The summed E-state index contributed by atoms with van der Waals surface area (Å²) in [6, 6.07) is 11.4. The van der Waals surface area contributed by atoms with E-state index in [0.29, 0.717) is 31.0 Å². The van der Waals surface area contributed by atoms with Crippen LogP contribution in [0.2, 0.25) is 0 Å². The van der Waals surface area contributed by atoms with Gasteiger partial charge in [-0.15, -0.1) is 0 Å². The van der Waals surface area contributed by atoms with E-state index >= 15 is 0 Å². The standard InChI is InChI=1S/C16H19N3O3/c1-12-11-14(19-22-12)18-16(21)9-10-17-15(20)8-7-13-5-3-2-4-6-13/h2-6,11H,7-10H2,1H3,(H,17,20)(H,18,19,21). The lowest BCUT2D eigenvalue weighted by Gasteiger charge is -2.05. The molecule has 6 heteroatoms. The van der Waals surface area contributed by atoms with Gasteiger partial charge in [-0.2, -0.15) is 0 Å². The van der Waals surface area contributed by atoms with Gasteiger partial charge in [-0.1, -0.05) is 35.5 Å². The third-order valence-corrected chi connectivity index (χ3v) is 3.05. The Morgan fingerprint density at radius 3 is 2.59 bits per heavy atom. The van der Waals surface area contributed by atoms with Crippen molar-refractivity contribution >= 4 is 17.6 Å². The number of nitrogens with one attached hydrogen (secondary N) is 2. The molecule has 0 saturated heterocycles. The predicted molar refractivity (Wildman–Crippen MR) is 82.3 cm³/mol. The molecular formula is C16H19N3O3. The molecule has 22 heavy (non-hydrogen) atoms. The number of rotatable bonds is 7. The van der Waals surface area contributed by atoms with Gasteiger partial charge in [-0.3, -0.25) is 9.59 Å². The molecule has 0 aliphatic carbocycles. The first-order valence-electron chi connectivity index (χ1n) is 7.17. The summed E-state index contributed by atoms with van der Waals surface area (Å²) < 4.78 is 4.85. The van der Waals surface area contributed by atoms with Gasteiger partial charge in [0.25, 0.3) is 0 Å². The van der Waals surface area contributed by atoms with Crippen molar-refractivity contribution in [1.29, 1.82) is 0 Å². The van der Waals surface area contributed by atoms with Crippen LogP contribution in [0.3, 0.4) is 0 Å². The van der Waals surface area contributed by atoms with Gasteiger partial charge in [-0.25, -0.2) is 0 Å². The molecule has 1 aromatic carbocycles. The Bertz CT molecular complexity index is 623. The average molecular weight is 301 g/mol. The second-order valence-electron chi connectivity index (χ2n) is 4.96. The van der Waals surface area contributed by atoms with Crippen LogP contribution < -0.4 is 10.6 Å². The van der Waals surface area contributed by atoms with Gasteiger partial charge in [0, 0.05) is 25.5 Å². The molecule has 2 N–H and O–H groups in total. The van der Waals surface area contributed by atoms with E-state index in [0.717, 1.165) is 5.56 Å². The van der Waals surface area contributed by atoms with E-state index in [4.69, 9.17) is 4.52 Å². The van der Waals surface area contributed by atoms with Gasteiger partial charge < -0.3 is 15.2 Å². The SMILES string of the molecule is Cc1cc(NC(=O)CCNC(=O)CCc2ccccc2)no1. The van der Waals surface area contributed by atoms with Crippen molar-refractivity contribution in [2.75, 3.05) is 11.9 Å². The van der Waals surface area contributed by atoms with Crippen molar-refractivity contribution in [3.63, 3.8) is 0 Å². The Morgan fingerprint density at radius 1 is 1.14 bits per heavy atom. The van der Waals surface area contributed by atoms with Gasteiger partial charge in [0.2, 0.25) is 11.8 Å². The number of aromatic nitrogens is 1. The van der Waals surface area contributed by atoms with Gasteiger partial charge in [0.1, 0.15) is 5.76 Å². The second-order valence-corrected chi connectivity index (χ2v) is 4.96. The summed E-state index contributed by atoms with van der Waals surface area (Å²) in [7, 11) is 0. The first kappa shape index (κ1) is 15.8. The van der Waals surface area contributed by atoms with Crippen molar-refractivity contribution in [3.05, 3.63) is 47.7 Å². The highest BCUT2D eigenvalue weighted by atomic mass is 16.5. The molecule has 1 heterocycles. The second kappa shape index (κ2) is 7.97. The third kappa shape index (κ3) is 5.40. The first-order valence-corrected chi connectivity index (χ1v) is 7.17. The quantitative estimate of drug-likeness (QED) is 0.820. The Kier molecular flexibility index (Phi) is 5.71. The molecule has 0 fully saturated rings. The Hall–Kier alpha value is -2.63. The van der Waals surface area contributed by atoms with Crippen LogP contribution in [0.15, 0.2) is 40.9 Å². The van der Waals surface area contributed by atoms with E-state index in [9.17, 15) is 9.59 Å². The third-order valence-electron chi connectivity index (χ3n) is 3.05. The number of nitrogens with zero attached hydrogens (tertiary/aromatic N) is 1. The lowest BCUT2D eigenvalue weighted by Crippen LogP contribution is -2.27. The number of carbonyl (C=O) groups is 2. The maximum atomic E-state index is 11.7. The molecule has 0 bridgehead atoms. The lowest BCUT2D eigenvalue weighted by atomic mass is 10.1. The number of hydrogen-bond donors (Lipinski definition) is 2. The number of hydrogen-bond acceptors (Lipinski definition) is 4. The van der Waals surface area contributed by atoms with Crippen LogP contribution in [0, 0.1) is 6.92 Å².